The Morgan fingerprint density at radius 2 is 2.46 bits per heavy atom. The molecule has 0 bridgehead atoms. The van der Waals surface area contributed by atoms with Crippen LogP contribution in [-0.4, -0.2) is 6.61 Å². The molecule has 1 nitrogen and oxygen atoms in total. The topological polar surface area (TPSA) is 9.23 Å². The molecule has 0 amide bonds. The molecule has 0 N–H and O–H groups in total. The Labute approximate surface area is 77.8 Å². The summed E-state index contributed by atoms with van der Waals surface area (Å²) in [7, 11) is 0. The summed E-state index contributed by atoms with van der Waals surface area (Å²) in [6, 6.07) is 6.95. The SMILES string of the molecule is C/C=C/CCOc1cc[c]c(F)c1. The second-order valence-electron chi connectivity index (χ2n) is 2.58. The molecule has 0 heterocycles. The summed E-state index contributed by atoms with van der Waals surface area (Å²) in [6.45, 7) is 2.53. The Kier molecular flexibility index (Phi) is 4.03. The minimum absolute atomic E-state index is 0.386. The largest absolute Gasteiger partial charge is 0.493 e. The van der Waals surface area contributed by atoms with Crippen LogP contribution in [0.1, 0.15) is 13.3 Å². The van der Waals surface area contributed by atoms with Gasteiger partial charge >= 0.3 is 0 Å². The number of hydrogen-bond donors (Lipinski definition) is 0. The quantitative estimate of drug-likeness (QED) is 0.510. The fourth-order valence-corrected chi connectivity index (χ4v) is 0.919. The van der Waals surface area contributed by atoms with E-state index >= 15 is 0 Å². The van der Waals surface area contributed by atoms with Crippen molar-refractivity contribution in [3.63, 3.8) is 0 Å². The van der Waals surface area contributed by atoms with Crippen molar-refractivity contribution in [1.82, 2.24) is 0 Å². The maximum Gasteiger partial charge on any atom is 0.134 e. The molecule has 1 rings (SSSR count). The van der Waals surface area contributed by atoms with E-state index in [1.807, 2.05) is 19.1 Å². The Morgan fingerprint density at radius 1 is 1.62 bits per heavy atom. The van der Waals surface area contributed by atoms with Crippen molar-refractivity contribution < 1.29 is 9.13 Å². The monoisotopic (exact) mass is 179 g/mol. The minimum atomic E-state index is -0.386. The molecule has 69 valence electrons. The summed E-state index contributed by atoms with van der Waals surface area (Å²) < 4.78 is 17.9. The van der Waals surface area contributed by atoms with Gasteiger partial charge in [0.2, 0.25) is 0 Å². The highest BCUT2D eigenvalue weighted by Crippen LogP contribution is 2.11. The van der Waals surface area contributed by atoms with Gasteiger partial charge in [-0.3, -0.25) is 0 Å². The third-order valence-corrected chi connectivity index (χ3v) is 1.53. The van der Waals surface area contributed by atoms with Gasteiger partial charge in [-0.1, -0.05) is 12.2 Å². The molecular formula is C11H12FO. The zero-order chi connectivity index (χ0) is 9.52. The van der Waals surface area contributed by atoms with Crippen molar-refractivity contribution in [2.45, 2.75) is 13.3 Å². The van der Waals surface area contributed by atoms with Crippen LogP contribution in [0, 0.1) is 11.9 Å². The van der Waals surface area contributed by atoms with E-state index in [0.29, 0.717) is 12.4 Å². The van der Waals surface area contributed by atoms with E-state index in [4.69, 9.17) is 4.74 Å². The van der Waals surface area contributed by atoms with Crippen molar-refractivity contribution in [2.75, 3.05) is 6.61 Å². The summed E-state index contributed by atoms with van der Waals surface area (Å²) in [5.74, 6) is 0.171. The summed E-state index contributed by atoms with van der Waals surface area (Å²) in [5, 5.41) is 0. The molecule has 0 spiro atoms. The van der Waals surface area contributed by atoms with Crippen LogP contribution >= 0.6 is 0 Å². The van der Waals surface area contributed by atoms with Crippen LogP contribution in [0.2, 0.25) is 0 Å². The van der Waals surface area contributed by atoms with Crippen LogP contribution in [0.4, 0.5) is 4.39 Å². The van der Waals surface area contributed by atoms with Gasteiger partial charge < -0.3 is 4.74 Å². The maximum atomic E-state index is 12.6. The molecule has 2 heteroatoms. The number of allylic oxidation sites excluding steroid dienone is 1. The van der Waals surface area contributed by atoms with E-state index in [-0.39, 0.29) is 5.82 Å². The van der Waals surface area contributed by atoms with Gasteiger partial charge in [0.25, 0.3) is 0 Å². The Morgan fingerprint density at radius 3 is 3.15 bits per heavy atom. The van der Waals surface area contributed by atoms with E-state index in [9.17, 15) is 4.39 Å². The van der Waals surface area contributed by atoms with E-state index < -0.39 is 0 Å². The molecule has 0 fully saturated rings. The van der Waals surface area contributed by atoms with Gasteiger partial charge in [0.15, 0.2) is 0 Å². The zero-order valence-electron chi connectivity index (χ0n) is 7.59. The van der Waals surface area contributed by atoms with Crippen LogP contribution in [0.15, 0.2) is 30.4 Å². The molecule has 0 aromatic heterocycles. The average Bonchev–Trinajstić information content (AvgIpc) is 2.13. The fraction of sp³-hybridized carbons (Fsp3) is 0.273. The third-order valence-electron chi connectivity index (χ3n) is 1.53. The first-order valence-electron chi connectivity index (χ1n) is 4.24. The molecule has 0 aliphatic heterocycles. The molecular weight excluding hydrogens is 167 g/mol. The lowest BCUT2D eigenvalue weighted by Gasteiger charge is -2.03. The molecule has 0 saturated carbocycles. The molecule has 0 atom stereocenters. The Bertz CT molecular complexity index is 281. The molecule has 0 aliphatic carbocycles. The van der Waals surface area contributed by atoms with Crippen molar-refractivity contribution in [3.05, 3.63) is 42.2 Å². The van der Waals surface area contributed by atoms with E-state index in [0.717, 1.165) is 6.42 Å². The number of halogens is 1. The first-order valence-corrected chi connectivity index (χ1v) is 4.24. The maximum absolute atomic E-state index is 12.6. The van der Waals surface area contributed by atoms with E-state index in [1.165, 1.54) is 12.1 Å². The number of ether oxygens (including phenoxy) is 1. The summed E-state index contributed by atoms with van der Waals surface area (Å²) in [4.78, 5) is 0. The summed E-state index contributed by atoms with van der Waals surface area (Å²) in [5.41, 5.74) is 0. The highest BCUT2D eigenvalue weighted by atomic mass is 19.1. The van der Waals surface area contributed by atoms with Gasteiger partial charge in [-0.15, -0.1) is 0 Å². The van der Waals surface area contributed by atoms with Gasteiger partial charge in [-0.25, -0.2) is 4.39 Å². The predicted molar refractivity (Wildman–Crippen MR) is 50.2 cm³/mol. The highest BCUT2D eigenvalue weighted by Gasteiger charge is 1.94. The molecule has 1 aromatic rings. The molecule has 13 heavy (non-hydrogen) atoms. The van der Waals surface area contributed by atoms with Crippen LogP contribution in [-0.2, 0) is 0 Å². The molecule has 0 aliphatic rings. The first kappa shape index (κ1) is 9.78. The van der Waals surface area contributed by atoms with Gasteiger partial charge in [0.1, 0.15) is 11.6 Å². The van der Waals surface area contributed by atoms with Gasteiger partial charge in [0.05, 0.1) is 6.61 Å². The van der Waals surface area contributed by atoms with E-state index in [1.54, 1.807) is 6.07 Å². The lowest BCUT2D eigenvalue weighted by molar-refractivity contribution is 0.323. The van der Waals surface area contributed by atoms with Crippen molar-refractivity contribution in [1.29, 1.82) is 0 Å². The Balaban J connectivity index is 2.36. The van der Waals surface area contributed by atoms with Gasteiger partial charge in [-0.2, -0.15) is 0 Å². The number of benzene rings is 1. The van der Waals surface area contributed by atoms with Gasteiger partial charge in [-0.05, 0) is 25.5 Å². The fourth-order valence-electron chi connectivity index (χ4n) is 0.919. The van der Waals surface area contributed by atoms with Crippen LogP contribution < -0.4 is 4.74 Å². The average molecular weight is 179 g/mol. The second kappa shape index (κ2) is 5.36. The lowest BCUT2D eigenvalue weighted by atomic mass is 10.3. The zero-order valence-corrected chi connectivity index (χ0v) is 7.59. The van der Waals surface area contributed by atoms with Crippen LogP contribution in [0.3, 0.4) is 0 Å². The van der Waals surface area contributed by atoms with Crippen molar-refractivity contribution in [2.24, 2.45) is 0 Å². The number of hydrogen-bond acceptors (Lipinski definition) is 1. The normalized spacial score (nSPS) is 10.6. The smallest absolute Gasteiger partial charge is 0.134 e. The van der Waals surface area contributed by atoms with Crippen LogP contribution in [0.25, 0.3) is 0 Å². The lowest BCUT2D eigenvalue weighted by Crippen LogP contribution is -1.95. The van der Waals surface area contributed by atoms with Gasteiger partial charge in [0, 0.05) is 12.1 Å². The number of rotatable bonds is 4. The summed E-state index contributed by atoms with van der Waals surface area (Å²) >= 11 is 0. The Hall–Kier alpha value is -1.31. The molecule has 0 saturated heterocycles. The standard InChI is InChI=1S/C11H12FO/c1-2-3-4-8-13-11-7-5-6-10(12)9-11/h2-3,5,7,9H,4,8H2,1H3/b3-2+. The van der Waals surface area contributed by atoms with Crippen molar-refractivity contribution in [3.8, 4) is 5.75 Å². The summed E-state index contributed by atoms with van der Waals surface area (Å²) in [6.07, 6.45) is 4.81. The van der Waals surface area contributed by atoms with E-state index in [2.05, 4.69) is 6.07 Å². The first-order chi connectivity index (χ1) is 6.33. The third kappa shape index (κ3) is 3.74. The minimum Gasteiger partial charge on any atom is -0.493 e. The molecule has 0 unspecified atom stereocenters. The molecule has 1 radical (unpaired) electrons. The second-order valence-corrected chi connectivity index (χ2v) is 2.58. The van der Waals surface area contributed by atoms with Crippen LogP contribution in [0.5, 0.6) is 5.75 Å². The molecule has 1 aromatic carbocycles. The predicted octanol–water partition coefficient (Wildman–Crippen LogP) is 2.97. The van der Waals surface area contributed by atoms with Crippen molar-refractivity contribution >= 4 is 0 Å². The highest BCUT2D eigenvalue weighted by molar-refractivity contribution is 5.21.